The summed E-state index contributed by atoms with van der Waals surface area (Å²) < 4.78 is 12.7. The average molecular weight is 613 g/mol. The Balaban J connectivity index is 1.22. The molecule has 0 spiro atoms. The van der Waals surface area contributed by atoms with Gasteiger partial charge in [-0.05, 0) is 84.8 Å². The summed E-state index contributed by atoms with van der Waals surface area (Å²) in [4.78, 5) is 0. The van der Waals surface area contributed by atoms with E-state index in [0.29, 0.717) is 0 Å². The van der Waals surface area contributed by atoms with Crippen molar-refractivity contribution in [3.63, 3.8) is 0 Å². The fourth-order valence-corrected chi connectivity index (χ4v) is 7.62. The van der Waals surface area contributed by atoms with Crippen LogP contribution < -0.4 is 0 Å². The molecule has 0 unspecified atom stereocenters. The number of hydrogen-bond acceptors (Lipinski definition) is 2. The van der Waals surface area contributed by atoms with E-state index in [1.54, 1.807) is 0 Å². The van der Waals surface area contributed by atoms with E-state index in [1.807, 2.05) is 12.3 Å². The Bertz CT molecular complexity index is 2760. The first kappa shape index (κ1) is 26.8. The molecule has 8 aromatic carbocycles. The van der Waals surface area contributed by atoms with Gasteiger partial charge in [0.25, 0.3) is 0 Å². The maximum atomic E-state index is 6.52. The van der Waals surface area contributed by atoms with Crippen molar-refractivity contribution >= 4 is 54.5 Å². The van der Waals surface area contributed by atoms with Crippen LogP contribution in [-0.2, 0) is 0 Å². The zero-order valence-electron chi connectivity index (χ0n) is 26.0. The summed E-state index contributed by atoms with van der Waals surface area (Å²) in [6.07, 6.45) is 1.84. The Morgan fingerprint density at radius 2 is 0.854 bits per heavy atom. The predicted molar refractivity (Wildman–Crippen MR) is 200 cm³/mol. The molecule has 2 nitrogen and oxygen atoms in total. The molecular weight excluding hydrogens is 585 g/mol. The van der Waals surface area contributed by atoms with Crippen molar-refractivity contribution in [2.75, 3.05) is 0 Å². The molecule has 0 atom stereocenters. The second-order valence-electron chi connectivity index (χ2n) is 12.4. The van der Waals surface area contributed by atoms with Crippen LogP contribution in [0.1, 0.15) is 0 Å². The van der Waals surface area contributed by atoms with Crippen LogP contribution in [0.5, 0.6) is 0 Å². The van der Waals surface area contributed by atoms with Crippen molar-refractivity contribution in [2.24, 2.45) is 0 Å². The lowest BCUT2D eigenvalue weighted by Crippen LogP contribution is -1.92. The van der Waals surface area contributed by atoms with Crippen LogP contribution >= 0.6 is 0 Å². The van der Waals surface area contributed by atoms with E-state index >= 15 is 0 Å². The molecule has 0 aliphatic heterocycles. The van der Waals surface area contributed by atoms with Gasteiger partial charge >= 0.3 is 0 Å². The Kier molecular flexibility index (Phi) is 5.91. The highest BCUT2D eigenvalue weighted by Crippen LogP contribution is 2.47. The first-order chi connectivity index (χ1) is 23.8. The van der Waals surface area contributed by atoms with Gasteiger partial charge in [0.15, 0.2) is 11.2 Å². The minimum Gasteiger partial charge on any atom is -0.460 e. The van der Waals surface area contributed by atoms with E-state index in [-0.39, 0.29) is 0 Å². The van der Waals surface area contributed by atoms with E-state index < -0.39 is 0 Å². The quantitative estimate of drug-likeness (QED) is 0.185. The van der Waals surface area contributed by atoms with Gasteiger partial charge in [0.05, 0.1) is 6.26 Å². The van der Waals surface area contributed by atoms with Crippen LogP contribution in [0.4, 0.5) is 0 Å². The van der Waals surface area contributed by atoms with Gasteiger partial charge < -0.3 is 8.83 Å². The third kappa shape index (κ3) is 4.00. The topological polar surface area (TPSA) is 26.3 Å². The van der Waals surface area contributed by atoms with Gasteiger partial charge in [0, 0.05) is 21.7 Å². The summed E-state index contributed by atoms with van der Waals surface area (Å²) >= 11 is 0. The summed E-state index contributed by atoms with van der Waals surface area (Å²) in [5.74, 6) is 0. The lowest BCUT2D eigenvalue weighted by atomic mass is 9.83. The molecule has 0 N–H and O–H groups in total. The second kappa shape index (κ2) is 10.6. The highest BCUT2D eigenvalue weighted by atomic mass is 16.4. The molecule has 0 bridgehead atoms. The van der Waals surface area contributed by atoms with Crippen LogP contribution in [0.15, 0.2) is 179 Å². The minimum absolute atomic E-state index is 0.779. The van der Waals surface area contributed by atoms with Gasteiger partial charge in [-0.1, -0.05) is 140 Å². The van der Waals surface area contributed by atoms with Crippen LogP contribution in [0, 0.1) is 0 Å². The molecule has 0 fully saturated rings. The van der Waals surface area contributed by atoms with Gasteiger partial charge in [0.2, 0.25) is 0 Å². The molecule has 48 heavy (non-hydrogen) atoms. The van der Waals surface area contributed by atoms with Gasteiger partial charge in [-0.25, -0.2) is 0 Å². The first-order valence-corrected chi connectivity index (χ1v) is 16.3. The fraction of sp³-hybridized carbons (Fsp3) is 0. The predicted octanol–water partition coefficient (Wildman–Crippen LogP) is 13.3. The van der Waals surface area contributed by atoms with Gasteiger partial charge in [-0.3, -0.25) is 0 Å². The molecule has 0 aliphatic rings. The second-order valence-corrected chi connectivity index (χ2v) is 12.4. The zero-order chi connectivity index (χ0) is 31.6. The fourth-order valence-electron chi connectivity index (χ4n) is 7.62. The third-order valence-electron chi connectivity index (χ3n) is 9.76. The van der Waals surface area contributed by atoms with Crippen molar-refractivity contribution in [3.8, 4) is 44.5 Å². The van der Waals surface area contributed by atoms with Crippen LogP contribution in [0.2, 0.25) is 0 Å². The number of rotatable bonds is 4. The molecular formula is C46H28O2. The van der Waals surface area contributed by atoms with Gasteiger partial charge in [-0.2, -0.15) is 0 Å². The average Bonchev–Trinajstić information content (AvgIpc) is 3.76. The first-order valence-electron chi connectivity index (χ1n) is 16.3. The summed E-state index contributed by atoms with van der Waals surface area (Å²) in [5, 5.41) is 8.10. The number of hydrogen-bond donors (Lipinski definition) is 0. The summed E-state index contributed by atoms with van der Waals surface area (Å²) in [6.45, 7) is 0. The van der Waals surface area contributed by atoms with Crippen molar-refractivity contribution in [1.82, 2.24) is 0 Å². The molecule has 0 radical (unpaired) electrons. The third-order valence-corrected chi connectivity index (χ3v) is 9.76. The number of fused-ring (bicyclic) bond motifs is 7. The maximum Gasteiger partial charge on any atom is 0.178 e. The molecule has 2 aromatic heterocycles. The van der Waals surface area contributed by atoms with Crippen molar-refractivity contribution in [3.05, 3.63) is 170 Å². The Morgan fingerprint density at radius 3 is 1.52 bits per heavy atom. The molecule has 0 saturated heterocycles. The Morgan fingerprint density at radius 1 is 0.312 bits per heavy atom. The lowest BCUT2D eigenvalue weighted by molar-refractivity contribution is 0.600. The molecule has 2 heterocycles. The largest absolute Gasteiger partial charge is 0.460 e. The van der Waals surface area contributed by atoms with E-state index in [1.165, 1.54) is 49.4 Å². The normalized spacial score (nSPS) is 11.8. The van der Waals surface area contributed by atoms with Crippen molar-refractivity contribution < 1.29 is 8.83 Å². The van der Waals surface area contributed by atoms with E-state index in [2.05, 4.69) is 158 Å². The zero-order valence-corrected chi connectivity index (χ0v) is 26.0. The van der Waals surface area contributed by atoms with Crippen LogP contribution in [0.25, 0.3) is 99.0 Å². The molecule has 224 valence electrons. The SMILES string of the molecule is c1ccc(-c2ccccc2-c2c3ccccc3c(-c3ccc4oc5c(ccc6c(-c7ccccc7)coc65)c4c3)c3ccccc23)cc1. The minimum atomic E-state index is 0.779. The standard InChI is InChI=1S/C46H28O2/c1-3-13-29(14-4-1)32-17-7-8-18-33(32)44-36-21-11-9-19-34(36)43(35-20-10-12-22-37(35)44)31-23-26-42-40(27-31)38-24-25-39-41(30-15-5-2-6-16-30)28-47-45(39)46(38)48-42/h1-28H. The maximum absolute atomic E-state index is 6.52. The van der Waals surface area contributed by atoms with Crippen LogP contribution in [-0.4, -0.2) is 0 Å². The highest BCUT2D eigenvalue weighted by molar-refractivity contribution is 6.23. The van der Waals surface area contributed by atoms with Gasteiger partial charge in [0.1, 0.15) is 5.58 Å². The molecule has 10 aromatic rings. The molecule has 0 aliphatic carbocycles. The summed E-state index contributed by atoms with van der Waals surface area (Å²) in [7, 11) is 0. The highest BCUT2D eigenvalue weighted by Gasteiger charge is 2.21. The van der Waals surface area contributed by atoms with Crippen LogP contribution in [0.3, 0.4) is 0 Å². The number of furan rings is 2. The number of benzene rings is 8. The van der Waals surface area contributed by atoms with Crippen molar-refractivity contribution in [2.45, 2.75) is 0 Å². The van der Waals surface area contributed by atoms with E-state index in [0.717, 1.165) is 49.6 Å². The van der Waals surface area contributed by atoms with E-state index in [9.17, 15) is 0 Å². The molecule has 0 amide bonds. The Labute approximate surface area is 277 Å². The molecule has 0 saturated carbocycles. The smallest absolute Gasteiger partial charge is 0.178 e. The van der Waals surface area contributed by atoms with Crippen molar-refractivity contribution in [1.29, 1.82) is 0 Å². The Hall–Kier alpha value is -6.38. The summed E-state index contributed by atoms with van der Waals surface area (Å²) in [5.41, 5.74) is 11.9. The van der Waals surface area contributed by atoms with Gasteiger partial charge in [-0.15, -0.1) is 0 Å². The summed E-state index contributed by atoms with van der Waals surface area (Å²) in [6, 6.07) is 58.4. The lowest BCUT2D eigenvalue weighted by Gasteiger charge is -2.19. The molecule has 2 heteroatoms. The monoisotopic (exact) mass is 612 g/mol. The molecule has 10 rings (SSSR count). The van der Waals surface area contributed by atoms with E-state index in [4.69, 9.17) is 8.83 Å².